The molecule has 1 aromatic heterocycles. The van der Waals surface area contributed by atoms with Crippen LogP contribution in [0, 0.1) is 13.8 Å². The number of rotatable bonds is 5. The lowest BCUT2D eigenvalue weighted by Gasteiger charge is -2.14. The zero-order valence-corrected chi connectivity index (χ0v) is 19.7. The molecule has 5 nitrogen and oxygen atoms in total. The van der Waals surface area contributed by atoms with Gasteiger partial charge in [0, 0.05) is 11.3 Å². The summed E-state index contributed by atoms with van der Waals surface area (Å²) in [6.07, 6.45) is 0. The van der Waals surface area contributed by atoms with Crippen molar-refractivity contribution < 1.29 is 8.42 Å². The third-order valence-corrected chi connectivity index (χ3v) is 8.32. The SMILES string of the molecule is Cc1ccc(S(=O)(=O)c2nc(-c3ccccc3Nc3c(Cl)ccc(C)c3Cl)ns2)cc1. The van der Waals surface area contributed by atoms with E-state index in [1.54, 1.807) is 30.3 Å². The van der Waals surface area contributed by atoms with Crippen LogP contribution in [0.5, 0.6) is 0 Å². The predicted molar refractivity (Wildman–Crippen MR) is 126 cm³/mol. The quantitative estimate of drug-likeness (QED) is 0.337. The second-order valence-electron chi connectivity index (χ2n) is 6.92. The Hall–Kier alpha value is -2.45. The molecule has 0 aliphatic carbocycles. The topological polar surface area (TPSA) is 72.0 Å². The van der Waals surface area contributed by atoms with Crippen LogP contribution in [0.2, 0.25) is 10.0 Å². The molecule has 0 radical (unpaired) electrons. The van der Waals surface area contributed by atoms with Crippen LogP contribution in [0.15, 0.2) is 69.9 Å². The maximum atomic E-state index is 12.9. The summed E-state index contributed by atoms with van der Waals surface area (Å²) < 4.78 is 30.1. The molecule has 0 saturated carbocycles. The molecule has 0 atom stereocenters. The Kier molecular flexibility index (Phi) is 6.03. The summed E-state index contributed by atoms with van der Waals surface area (Å²) in [6.45, 7) is 3.79. The van der Waals surface area contributed by atoms with Gasteiger partial charge in [-0.1, -0.05) is 59.1 Å². The molecule has 0 aliphatic rings. The van der Waals surface area contributed by atoms with E-state index in [2.05, 4.69) is 14.7 Å². The van der Waals surface area contributed by atoms with E-state index in [1.807, 2.05) is 44.2 Å². The summed E-state index contributed by atoms with van der Waals surface area (Å²) in [5, 5.41) is 4.23. The van der Waals surface area contributed by atoms with Crippen molar-refractivity contribution in [2.75, 3.05) is 5.32 Å². The van der Waals surface area contributed by atoms with Crippen LogP contribution in [0.1, 0.15) is 11.1 Å². The number of hydrogen-bond acceptors (Lipinski definition) is 6. The number of halogens is 2. The molecular formula is C22H17Cl2N3O2S2. The highest BCUT2D eigenvalue weighted by atomic mass is 35.5. The van der Waals surface area contributed by atoms with Crippen LogP contribution < -0.4 is 5.32 Å². The smallest absolute Gasteiger partial charge is 0.235 e. The lowest BCUT2D eigenvalue weighted by molar-refractivity contribution is 0.595. The number of anilines is 2. The Morgan fingerprint density at radius 1 is 0.935 bits per heavy atom. The molecular weight excluding hydrogens is 473 g/mol. The summed E-state index contributed by atoms with van der Waals surface area (Å²) >= 11 is 13.6. The van der Waals surface area contributed by atoms with E-state index < -0.39 is 9.84 Å². The van der Waals surface area contributed by atoms with Crippen molar-refractivity contribution in [3.05, 3.63) is 81.8 Å². The zero-order chi connectivity index (χ0) is 22.2. The first-order valence-corrected chi connectivity index (χ1v) is 12.2. The number of aromatic nitrogens is 2. The minimum Gasteiger partial charge on any atom is -0.352 e. The van der Waals surface area contributed by atoms with E-state index in [1.165, 1.54) is 0 Å². The van der Waals surface area contributed by atoms with Gasteiger partial charge in [0.1, 0.15) is 0 Å². The summed E-state index contributed by atoms with van der Waals surface area (Å²) in [4.78, 5) is 4.51. The van der Waals surface area contributed by atoms with E-state index >= 15 is 0 Å². The van der Waals surface area contributed by atoms with E-state index in [-0.39, 0.29) is 9.24 Å². The number of aryl methyl sites for hydroxylation is 2. The predicted octanol–water partition coefficient (Wildman–Crippen LogP) is 6.71. The van der Waals surface area contributed by atoms with Gasteiger partial charge >= 0.3 is 0 Å². The van der Waals surface area contributed by atoms with E-state index in [4.69, 9.17) is 23.2 Å². The van der Waals surface area contributed by atoms with Crippen LogP contribution in [-0.4, -0.2) is 17.8 Å². The molecule has 4 rings (SSSR count). The highest BCUT2D eigenvalue weighted by Gasteiger charge is 2.24. The van der Waals surface area contributed by atoms with Gasteiger partial charge < -0.3 is 5.32 Å². The maximum Gasteiger partial charge on any atom is 0.235 e. The summed E-state index contributed by atoms with van der Waals surface area (Å²) in [7, 11) is -3.75. The first-order chi connectivity index (χ1) is 14.8. The number of hydrogen-bond donors (Lipinski definition) is 1. The molecule has 0 aliphatic heterocycles. The fourth-order valence-electron chi connectivity index (χ4n) is 2.94. The maximum absolute atomic E-state index is 12.9. The van der Waals surface area contributed by atoms with Gasteiger partial charge in [-0.25, -0.2) is 13.4 Å². The fraction of sp³-hybridized carbons (Fsp3) is 0.0909. The van der Waals surface area contributed by atoms with E-state index in [0.717, 1.165) is 22.7 Å². The zero-order valence-electron chi connectivity index (χ0n) is 16.6. The van der Waals surface area contributed by atoms with Crippen molar-refractivity contribution in [3.63, 3.8) is 0 Å². The van der Waals surface area contributed by atoms with Crippen LogP contribution in [0.25, 0.3) is 11.4 Å². The summed E-state index contributed by atoms with van der Waals surface area (Å²) in [6, 6.07) is 17.6. The van der Waals surface area contributed by atoms with Crippen molar-refractivity contribution in [2.45, 2.75) is 23.1 Å². The molecule has 9 heteroatoms. The Bertz CT molecular complexity index is 1370. The van der Waals surface area contributed by atoms with Gasteiger partial charge in [0.15, 0.2) is 5.82 Å². The van der Waals surface area contributed by atoms with E-state index in [9.17, 15) is 8.42 Å². The minimum atomic E-state index is -3.75. The first-order valence-electron chi connectivity index (χ1n) is 9.24. The molecule has 1 heterocycles. The molecule has 31 heavy (non-hydrogen) atoms. The van der Waals surface area contributed by atoms with Crippen molar-refractivity contribution in [1.29, 1.82) is 0 Å². The Labute approximate surface area is 194 Å². The molecule has 0 unspecified atom stereocenters. The molecule has 0 fully saturated rings. The highest BCUT2D eigenvalue weighted by molar-refractivity contribution is 7.93. The lowest BCUT2D eigenvalue weighted by Crippen LogP contribution is -2.01. The molecule has 3 aromatic carbocycles. The standard InChI is InChI=1S/C22H17Cl2N3O2S2/c1-13-7-10-15(11-8-13)31(28,29)22-26-21(27-30-22)16-5-3-4-6-18(16)25-20-17(23)12-9-14(2)19(20)24/h3-12,25H,1-2H3. The van der Waals surface area contributed by atoms with Gasteiger partial charge in [-0.3, -0.25) is 0 Å². The van der Waals surface area contributed by atoms with Gasteiger partial charge in [-0.15, -0.1) is 0 Å². The average Bonchev–Trinajstić information content (AvgIpc) is 3.26. The van der Waals surface area contributed by atoms with Gasteiger partial charge in [0.05, 0.1) is 20.6 Å². The summed E-state index contributed by atoms with van der Waals surface area (Å²) in [5.41, 5.74) is 3.72. The largest absolute Gasteiger partial charge is 0.352 e. The molecule has 1 N–H and O–H groups in total. The second kappa shape index (κ2) is 8.59. The molecule has 0 spiro atoms. The molecule has 0 saturated heterocycles. The molecule has 0 amide bonds. The third-order valence-electron chi connectivity index (χ3n) is 4.68. The fourth-order valence-corrected chi connectivity index (χ4v) is 5.53. The first kappa shape index (κ1) is 21.8. The summed E-state index contributed by atoms with van der Waals surface area (Å²) in [5.74, 6) is 0.304. The average molecular weight is 490 g/mol. The van der Waals surface area contributed by atoms with Crippen molar-refractivity contribution >= 4 is 55.9 Å². The Morgan fingerprint density at radius 2 is 1.65 bits per heavy atom. The number of nitrogens with zero attached hydrogens (tertiary/aromatic N) is 2. The Morgan fingerprint density at radius 3 is 2.39 bits per heavy atom. The van der Waals surface area contributed by atoms with Gasteiger partial charge in [-0.05, 0) is 61.3 Å². The number of sulfone groups is 1. The van der Waals surface area contributed by atoms with Crippen LogP contribution in [0.4, 0.5) is 11.4 Å². The number of benzene rings is 3. The highest BCUT2D eigenvalue weighted by Crippen LogP contribution is 2.38. The molecule has 4 aromatic rings. The van der Waals surface area contributed by atoms with Crippen molar-refractivity contribution in [3.8, 4) is 11.4 Å². The minimum absolute atomic E-state index is 0.0622. The number of nitrogens with one attached hydrogen (secondary N) is 1. The third kappa shape index (κ3) is 4.32. The monoisotopic (exact) mass is 489 g/mol. The Balaban J connectivity index is 1.73. The van der Waals surface area contributed by atoms with Crippen LogP contribution in [-0.2, 0) is 9.84 Å². The van der Waals surface area contributed by atoms with Crippen molar-refractivity contribution in [2.24, 2.45) is 0 Å². The second-order valence-corrected chi connectivity index (χ2v) is 10.6. The lowest BCUT2D eigenvalue weighted by atomic mass is 10.1. The number of para-hydroxylation sites is 1. The van der Waals surface area contributed by atoms with Crippen LogP contribution >= 0.6 is 34.7 Å². The molecule has 158 valence electrons. The van der Waals surface area contributed by atoms with Crippen LogP contribution in [0.3, 0.4) is 0 Å². The molecule has 0 bridgehead atoms. The van der Waals surface area contributed by atoms with Gasteiger partial charge in [-0.2, -0.15) is 4.37 Å². The van der Waals surface area contributed by atoms with E-state index in [0.29, 0.717) is 32.8 Å². The van der Waals surface area contributed by atoms with Crippen molar-refractivity contribution in [1.82, 2.24) is 9.36 Å². The van der Waals surface area contributed by atoms with Gasteiger partial charge in [0.25, 0.3) is 0 Å². The van der Waals surface area contributed by atoms with Gasteiger partial charge in [0.2, 0.25) is 14.2 Å². The normalized spacial score (nSPS) is 11.5.